The van der Waals surface area contributed by atoms with Gasteiger partial charge in [-0.3, -0.25) is 9.89 Å². The fraction of sp³-hybridized carbons (Fsp3) is 0.500. The Balaban J connectivity index is 1.75. The van der Waals surface area contributed by atoms with E-state index in [0.717, 1.165) is 23.7 Å². The molecule has 1 aromatic carbocycles. The zero-order valence-corrected chi connectivity index (χ0v) is 12.2. The third-order valence-corrected chi connectivity index (χ3v) is 4.24. The second kappa shape index (κ2) is 6.16. The Bertz CT molecular complexity index is 626. The first-order valence-corrected chi connectivity index (χ1v) is 7.78. The number of rotatable bonds is 2. The molecule has 1 amide bonds. The van der Waals surface area contributed by atoms with Crippen molar-refractivity contribution in [2.24, 2.45) is 0 Å². The van der Waals surface area contributed by atoms with Gasteiger partial charge < -0.3 is 11.1 Å². The largest absolute Gasteiger partial charge is 0.399 e. The van der Waals surface area contributed by atoms with Crippen LogP contribution in [0.3, 0.4) is 0 Å². The lowest BCUT2D eigenvalue weighted by Crippen LogP contribution is -2.35. The Morgan fingerprint density at radius 2 is 1.90 bits per heavy atom. The normalized spacial score (nSPS) is 17.3. The van der Waals surface area contributed by atoms with Gasteiger partial charge in [-0.1, -0.05) is 32.1 Å². The van der Waals surface area contributed by atoms with Crippen molar-refractivity contribution in [3.05, 3.63) is 23.9 Å². The van der Waals surface area contributed by atoms with Gasteiger partial charge in [0.2, 0.25) is 0 Å². The van der Waals surface area contributed by atoms with Gasteiger partial charge >= 0.3 is 0 Å². The predicted molar refractivity (Wildman–Crippen MR) is 84.1 cm³/mol. The topological polar surface area (TPSA) is 83.8 Å². The highest BCUT2D eigenvalue weighted by Crippen LogP contribution is 2.21. The maximum atomic E-state index is 12.5. The summed E-state index contributed by atoms with van der Waals surface area (Å²) in [6, 6.07) is 5.72. The number of carbonyl (C=O) groups excluding carboxylic acids is 1. The number of hydrogen-bond donors (Lipinski definition) is 3. The van der Waals surface area contributed by atoms with Crippen molar-refractivity contribution in [2.75, 3.05) is 5.73 Å². The van der Waals surface area contributed by atoms with Crippen molar-refractivity contribution in [3.8, 4) is 0 Å². The lowest BCUT2D eigenvalue weighted by atomic mass is 9.96. The zero-order chi connectivity index (χ0) is 14.7. The van der Waals surface area contributed by atoms with Gasteiger partial charge in [0.15, 0.2) is 5.69 Å². The van der Waals surface area contributed by atoms with Gasteiger partial charge in [-0.05, 0) is 31.0 Å². The molecule has 1 heterocycles. The van der Waals surface area contributed by atoms with Crippen molar-refractivity contribution >= 4 is 22.5 Å². The number of aromatic amines is 1. The lowest BCUT2D eigenvalue weighted by molar-refractivity contribution is 0.0927. The number of nitrogen functional groups attached to an aromatic ring is 1. The quantitative estimate of drug-likeness (QED) is 0.742. The number of aromatic nitrogens is 2. The molecule has 21 heavy (non-hydrogen) atoms. The Morgan fingerprint density at radius 1 is 1.19 bits per heavy atom. The Kier molecular flexibility index (Phi) is 4.08. The van der Waals surface area contributed by atoms with Crippen molar-refractivity contribution in [1.29, 1.82) is 0 Å². The Labute approximate surface area is 124 Å². The molecule has 0 spiro atoms. The minimum Gasteiger partial charge on any atom is -0.399 e. The third-order valence-electron chi connectivity index (χ3n) is 4.24. The van der Waals surface area contributed by atoms with Gasteiger partial charge in [-0.15, -0.1) is 0 Å². The number of nitrogens with one attached hydrogen (secondary N) is 2. The van der Waals surface area contributed by atoms with E-state index in [-0.39, 0.29) is 11.9 Å². The minimum absolute atomic E-state index is 0.0996. The van der Waals surface area contributed by atoms with Crippen LogP contribution in [0.1, 0.15) is 55.4 Å². The summed E-state index contributed by atoms with van der Waals surface area (Å²) in [4.78, 5) is 12.5. The average molecular weight is 286 g/mol. The molecule has 112 valence electrons. The van der Waals surface area contributed by atoms with Crippen LogP contribution in [0, 0.1) is 0 Å². The summed E-state index contributed by atoms with van der Waals surface area (Å²) in [6.45, 7) is 0. The predicted octanol–water partition coefficient (Wildman–Crippen LogP) is 2.99. The highest BCUT2D eigenvalue weighted by molar-refractivity contribution is 6.05. The van der Waals surface area contributed by atoms with Crippen molar-refractivity contribution in [3.63, 3.8) is 0 Å². The first kappa shape index (κ1) is 13.9. The summed E-state index contributed by atoms with van der Waals surface area (Å²) in [6.07, 6.45) is 8.39. The number of H-pyrrole nitrogens is 1. The molecule has 1 aliphatic carbocycles. The molecule has 3 rings (SSSR count). The van der Waals surface area contributed by atoms with Crippen LogP contribution in [-0.2, 0) is 0 Å². The number of amides is 1. The van der Waals surface area contributed by atoms with E-state index in [2.05, 4.69) is 15.5 Å². The summed E-state index contributed by atoms with van der Waals surface area (Å²) in [5.41, 5.74) is 7.73. The van der Waals surface area contributed by atoms with E-state index >= 15 is 0 Å². The summed E-state index contributed by atoms with van der Waals surface area (Å²) in [5.74, 6) is -0.0996. The van der Waals surface area contributed by atoms with Crippen LogP contribution in [0.5, 0.6) is 0 Å². The van der Waals surface area contributed by atoms with Crippen molar-refractivity contribution < 1.29 is 4.79 Å². The van der Waals surface area contributed by atoms with Crippen LogP contribution in [-0.4, -0.2) is 22.1 Å². The number of nitrogens with two attached hydrogens (primary N) is 1. The van der Waals surface area contributed by atoms with E-state index < -0.39 is 0 Å². The molecule has 0 aliphatic heterocycles. The fourth-order valence-corrected chi connectivity index (χ4v) is 3.06. The van der Waals surface area contributed by atoms with Crippen LogP contribution in [0.4, 0.5) is 5.69 Å². The standard InChI is InChI=1S/C16H22N4O/c17-11-8-9-14-13(10-11)15(20-19-14)16(21)18-12-6-4-2-1-3-5-7-12/h8-10,12H,1-7,17H2,(H,18,21)(H,19,20). The fourth-order valence-electron chi connectivity index (χ4n) is 3.06. The number of carbonyl (C=O) groups is 1. The number of benzene rings is 1. The molecule has 5 nitrogen and oxygen atoms in total. The van der Waals surface area contributed by atoms with E-state index in [0.29, 0.717) is 11.4 Å². The van der Waals surface area contributed by atoms with E-state index in [1.165, 1.54) is 32.1 Å². The van der Waals surface area contributed by atoms with E-state index in [4.69, 9.17) is 5.73 Å². The monoisotopic (exact) mass is 286 g/mol. The SMILES string of the molecule is Nc1ccc2[nH]nc(C(=O)NC3CCCCCCC3)c2c1. The van der Waals surface area contributed by atoms with Gasteiger partial charge in [0.25, 0.3) is 5.91 Å². The molecule has 0 atom stereocenters. The summed E-state index contributed by atoms with van der Waals surface area (Å²) in [5, 5.41) is 11.0. The van der Waals surface area contributed by atoms with Gasteiger partial charge in [0.1, 0.15) is 0 Å². The first-order valence-electron chi connectivity index (χ1n) is 7.78. The van der Waals surface area contributed by atoms with Crippen molar-refractivity contribution in [2.45, 2.75) is 51.0 Å². The van der Waals surface area contributed by atoms with Crippen LogP contribution < -0.4 is 11.1 Å². The van der Waals surface area contributed by atoms with Gasteiger partial charge in [-0.2, -0.15) is 5.10 Å². The summed E-state index contributed by atoms with van der Waals surface area (Å²) in [7, 11) is 0. The van der Waals surface area contributed by atoms with Crippen molar-refractivity contribution in [1.82, 2.24) is 15.5 Å². The highest BCUT2D eigenvalue weighted by atomic mass is 16.2. The number of anilines is 1. The molecular formula is C16H22N4O. The van der Waals surface area contributed by atoms with E-state index in [9.17, 15) is 4.79 Å². The van der Waals surface area contributed by atoms with Crippen LogP contribution in [0.2, 0.25) is 0 Å². The molecule has 1 aromatic heterocycles. The van der Waals surface area contributed by atoms with Gasteiger partial charge in [0, 0.05) is 17.1 Å². The first-order chi connectivity index (χ1) is 10.2. The number of hydrogen-bond acceptors (Lipinski definition) is 3. The Hall–Kier alpha value is -2.04. The molecule has 0 bridgehead atoms. The van der Waals surface area contributed by atoms with Crippen LogP contribution >= 0.6 is 0 Å². The van der Waals surface area contributed by atoms with Gasteiger partial charge in [0.05, 0.1) is 5.52 Å². The highest BCUT2D eigenvalue weighted by Gasteiger charge is 2.19. The average Bonchev–Trinajstić information content (AvgIpc) is 2.84. The van der Waals surface area contributed by atoms with E-state index in [1.54, 1.807) is 12.1 Å². The summed E-state index contributed by atoms with van der Waals surface area (Å²) >= 11 is 0. The molecule has 2 aromatic rings. The minimum atomic E-state index is -0.0996. The molecular weight excluding hydrogens is 264 g/mol. The molecule has 1 fully saturated rings. The van der Waals surface area contributed by atoms with E-state index in [1.807, 2.05) is 6.07 Å². The number of fused-ring (bicyclic) bond motifs is 1. The maximum Gasteiger partial charge on any atom is 0.272 e. The zero-order valence-electron chi connectivity index (χ0n) is 12.2. The van der Waals surface area contributed by atoms with Crippen LogP contribution in [0.25, 0.3) is 10.9 Å². The molecule has 4 N–H and O–H groups in total. The number of nitrogens with zero attached hydrogens (tertiary/aromatic N) is 1. The second-order valence-electron chi connectivity index (χ2n) is 5.89. The summed E-state index contributed by atoms with van der Waals surface area (Å²) < 4.78 is 0. The molecule has 0 radical (unpaired) electrons. The molecule has 1 aliphatic rings. The Morgan fingerprint density at radius 3 is 2.67 bits per heavy atom. The molecule has 5 heteroatoms. The van der Waals surface area contributed by atoms with Gasteiger partial charge in [-0.25, -0.2) is 0 Å². The smallest absolute Gasteiger partial charge is 0.272 e. The molecule has 0 unspecified atom stereocenters. The van der Waals surface area contributed by atoms with Crippen LogP contribution in [0.15, 0.2) is 18.2 Å². The molecule has 0 saturated heterocycles. The maximum absolute atomic E-state index is 12.5. The lowest BCUT2D eigenvalue weighted by Gasteiger charge is -2.20. The molecule has 1 saturated carbocycles. The third kappa shape index (κ3) is 3.17. The second-order valence-corrected chi connectivity index (χ2v) is 5.89.